The zero-order chi connectivity index (χ0) is 17.6. The number of hydrogen-bond acceptors (Lipinski definition) is 4. The molecule has 6 heteroatoms. The Morgan fingerprint density at radius 3 is 2.62 bits per heavy atom. The molecule has 2 heterocycles. The molecule has 5 nitrogen and oxygen atoms in total. The molecule has 0 aliphatic rings. The lowest BCUT2D eigenvalue weighted by atomic mass is 10.1. The average Bonchev–Trinajstić information content (AvgIpc) is 3.19. The predicted molar refractivity (Wildman–Crippen MR) is 99.6 cm³/mol. The first-order valence-corrected chi connectivity index (χ1v) is 8.67. The molecule has 0 atom stereocenters. The second-order valence-electron chi connectivity index (χ2n) is 5.83. The summed E-state index contributed by atoms with van der Waals surface area (Å²) in [5.74, 6) is 0.571. The van der Waals surface area contributed by atoms with Gasteiger partial charge in [0.1, 0.15) is 5.69 Å². The van der Waals surface area contributed by atoms with Crippen LogP contribution in [0.4, 0.5) is 0 Å². The largest absolute Gasteiger partial charge is 1.00 e. The molecule has 0 saturated heterocycles. The number of nitrogens with zero attached hydrogens (tertiary/aromatic N) is 2. The Labute approximate surface area is 159 Å². The van der Waals surface area contributed by atoms with Gasteiger partial charge in [0.2, 0.25) is 0 Å². The van der Waals surface area contributed by atoms with Gasteiger partial charge >= 0.3 is 0 Å². The summed E-state index contributed by atoms with van der Waals surface area (Å²) in [5.41, 5.74) is 2.07. The number of fused-ring (bicyclic) bond motifs is 1. The Morgan fingerprint density at radius 1 is 1.15 bits per heavy atom. The molecule has 0 radical (unpaired) electrons. The second-order valence-corrected chi connectivity index (χ2v) is 5.83. The Morgan fingerprint density at radius 2 is 1.92 bits per heavy atom. The van der Waals surface area contributed by atoms with Gasteiger partial charge in [-0.3, -0.25) is 4.79 Å². The number of rotatable bonds is 7. The first-order valence-electron chi connectivity index (χ1n) is 8.67. The fourth-order valence-electron chi connectivity index (χ4n) is 2.88. The normalized spacial score (nSPS) is 10.7. The first-order chi connectivity index (χ1) is 12.2. The number of hydrogen-bond donors (Lipinski definition) is 1. The third kappa shape index (κ3) is 4.42. The molecule has 26 heavy (non-hydrogen) atoms. The van der Waals surface area contributed by atoms with E-state index in [1.165, 1.54) is 0 Å². The van der Waals surface area contributed by atoms with Crippen molar-refractivity contribution in [3.05, 3.63) is 54.3 Å². The van der Waals surface area contributed by atoms with Crippen molar-refractivity contribution in [3.8, 4) is 11.5 Å². The van der Waals surface area contributed by atoms with Crippen LogP contribution in [0, 0.1) is 0 Å². The number of benzene rings is 1. The van der Waals surface area contributed by atoms with Crippen LogP contribution in [0.2, 0.25) is 0 Å². The van der Waals surface area contributed by atoms with Gasteiger partial charge in [0.15, 0.2) is 5.76 Å². The maximum atomic E-state index is 12.8. The number of furan rings is 1. The number of pyridine rings is 1. The zero-order valence-corrected chi connectivity index (χ0v) is 15.8. The summed E-state index contributed by atoms with van der Waals surface area (Å²) in [6.07, 6.45) is 1.61. The number of aromatic nitrogens is 1. The molecule has 1 amide bonds. The summed E-state index contributed by atoms with van der Waals surface area (Å²) in [4.78, 5) is 19.6. The van der Waals surface area contributed by atoms with Crippen molar-refractivity contribution in [3.63, 3.8) is 0 Å². The van der Waals surface area contributed by atoms with Crippen LogP contribution in [-0.4, -0.2) is 42.0 Å². The van der Waals surface area contributed by atoms with E-state index in [1.54, 1.807) is 12.3 Å². The van der Waals surface area contributed by atoms with Gasteiger partial charge in [-0.1, -0.05) is 32.0 Å². The van der Waals surface area contributed by atoms with Gasteiger partial charge < -0.3 is 27.0 Å². The van der Waals surface area contributed by atoms with Crippen molar-refractivity contribution in [1.29, 1.82) is 0 Å². The number of likely N-dealkylation sites (N-methyl/N-ethyl adjacent to an activating group) is 1. The van der Waals surface area contributed by atoms with E-state index < -0.39 is 0 Å². The van der Waals surface area contributed by atoms with E-state index in [4.69, 9.17) is 4.42 Å². The predicted octanol–water partition coefficient (Wildman–Crippen LogP) is 0.570. The molecule has 1 aromatic carbocycles. The molecular weight excluding hydrogens is 350 g/mol. The minimum absolute atomic E-state index is 0. The average molecular weight is 373 g/mol. The number of carbonyl (C=O) groups excluding carboxylic acids is 1. The lowest BCUT2D eigenvalue weighted by Gasteiger charge is -2.18. The molecule has 0 bridgehead atoms. The van der Waals surface area contributed by atoms with Crippen LogP contribution >= 0.6 is 0 Å². The van der Waals surface area contributed by atoms with Crippen molar-refractivity contribution < 1.29 is 21.6 Å². The number of para-hydroxylation sites is 1. The molecule has 0 spiro atoms. The van der Waals surface area contributed by atoms with Crippen LogP contribution in [0.3, 0.4) is 0 Å². The van der Waals surface area contributed by atoms with E-state index in [1.807, 2.05) is 36.4 Å². The Bertz CT molecular complexity index is 845. The standard InChI is InChI=1S/C20H23N3O2.ClH/c1-3-23(4-2)12-11-21-20(24)16-14-18(19-10-7-13-25-19)22-17-9-6-5-8-15(16)17;/h5-10,13-14H,3-4,11-12H2,1-2H3,(H,21,24);1H/p-1. The molecule has 3 rings (SSSR count). The lowest BCUT2D eigenvalue weighted by molar-refractivity contribution is -0.0000140. The molecule has 3 aromatic rings. The second kappa shape index (κ2) is 9.36. The quantitative estimate of drug-likeness (QED) is 0.659. The molecule has 0 aliphatic heterocycles. The summed E-state index contributed by atoms with van der Waals surface area (Å²) < 4.78 is 5.44. The topological polar surface area (TPSA) is 58.4 Å². The van der Waals surface area contributed by atoms with E-state index in [0.29, 0.717) is 23.6 Å². The van der Waals surface area contributed by atoms with Gasteiger partial charge in [-0.25, -0.2) is 4.98 Å². The van der Waals surface area contributed by atoms with Crippen LogP contribution in [0.25, 0.3) is 22.4 Å². The van der Waals surface area contributed by atoms with E-state index >= 15 is 0 Å². The van der Waals surface area contributed by atoms with Crippen LogP contribution in [0.5, 0.6) is 0 Å². The molecule has 2 aromatic heterocycles. The Balaban J connectivity index is 0.00000243. The molecule has 0 aliphatic carbocycles. The van der Waals surface area contributed by atoms with E-state index in [9.17, 15) is 4.79 Å². The van der Waals surface area contributed by atoms with Crippen LogP contribution in [0.1, 0.15) is 24.2 Å². The number of amides is 1. The summed E-state index contributed by atoms with van der Waals surface area (Å²) >= 11 is 0. The van der Waals surface area contributed by atoms with Crippen LogP contribution < -0.4 is 17.7 Å². The van der Waals surface area contributed by atoms with Crippen molar-refractivity contribution in [2.45, 2.75) is 13.8 Å². The third-order valence-corrected chi connectivity index (χ3v) is 4.34. The van der Waals surface area contributed by atoms with Crippen molar-refractivity contribution in [2.24, 2.45) is 0 Å². The van der Waals surface area contributed by atoms with E-state index in [0.717, 1.165) is 30.5 Å². The van der Waals surface area contributed by atoms with Crippen molar-refractivity contribution in [1.82, 2.24) is 15.2 Å². The zero-order valence-electron chi connectivity index (χ0n) is 15.0. The summed E-state index contributed by atoms with van der Waals surface area (Å²) in [6.45, 7) is 7.66. The summed E-state index contributed by atoms with van der Waals surface area (Å²) in [5, 5.41) is 3.87. The SMILES string of the molecule is CCN(CC)CCNC(=O)c1cc(-c2ccco2)nc2ccccc12.[Cl-]. The number of nitrogens with one attached hydrogen (secondary N) is 1. The molecule has 1 N–H and O–H groups in total. The van der Waals surface area contributed by atoms with Crippen molar-refractivity contribution in [2.75, 3.05) is 26.2 Å². The smallest absolute Gasteiger partial charge is 0.252 e. The van der Waals surface area contributed by atoms with Crippen molar-refractivity contribution >= 4 is 16.8 Å². The van der Waals surface area contributed by atoms with Crippen LogP contribution in [-0.2, 0) is 0 Å². The highest BCUT2D eigenvalue weighted by atomic mass is 35.5. The van der Waals surface area contributed by atoms with Gasteiger partial charge in [0, 0.05) is 18.5 Å². The fourth-order valence-corrected chi connectivity index (χ4v) is 2.88. The van der Waals surface area contributed by atoms with E-state index in [2.05, 4.69) is 29.0 Å². The molecule has 0 fully saturated rings. The number of carbonyl (C=O) groups is 1. The minimum atomic E-state index is -0.0847. The highest BCUT2D eigenvalue weighted by molar-refractivity contribution is 6.07. The van der Waals surface area contributed by atoms with Gasteiger partial charge in [-0.05, 0) is 37.4 Å². The van der Waals surface area contributed by atoms with Gasteiger partial charge in [0.25, 0.3) is 5.91 Å². The lowest BCUT2D eigenvalue weighted by Crippen LogP contribution is -3.00. The molecule has 138 valence electrons. The maximum absolute atomic E-state index is 12.8. The van der Waals surface area contributed by atoms with Gasteiger partial charge in [-0.2, -0.15) is 0 Å². The molecule has 0 saturated carbocycles. The maximum Gasteiger partial charge on any atom is 0.252 e. The number of halogens is 1. The van der Waals surface area contributed by atoms with Gasteiger partial charge in [-0.15, -0.1) is 0 Å². The monoisotopic (exact) mass is 372 g/mol. The fraction of sp³-hybridized carbons (Fsp3) is 0.300. The Kier molecular flexibility index (Phi) is 7.18. The molecular formula is C20H23ClN3O2-. The first kappa shape index (κ1) is 19.9. The minimum Gasteiger partial charge on any atom is -1.00 e. The van der Waals surface area contributed by atoms with E-state index in [-0.39, 0.29) is 18.3 Å². The highest BCUT2D eigenvalue weighted by Gasteiger charge is 2.14. The van der Waals surface area contributed by atoms with Gasteiger partial charge in [0.05, 0.1) is 17.3 Å². The van der Waals surface area contributed by atoms with Crippen LogP contribution in [0.15, 0.2) is 53.1 Å². The Hall–Kier alpha value is -2.37. The third-order valence-electron chi connectivity index (χ3n) is 4.34. The summed E-state index contributed by atoms with van der Waals surface area (Å²) in [6, 6.07) is 13.1. The highest BCUT2D eigenvalue weighted by Crippen LogP contribution is 2.25. The molecule has 0 unspecified atom stereocenters. The summed E-state index contributed by atoms with van der Waals surface area (Å²) in [7, 11) is 0.